The summed E-state index contributed by atoms with van der Waals surface area (Å²) in [5.74, 6) is 0. The van der Waals surface area contributed by atoms with Gasteiger partial charge >= 0.3 is 0 Å². The molecular weight excluding hydrogens is 857 g/mol. The van der Waals surface area contributed by atoms with Gasteiger partial charge in [-0.15, -0.1) is 0 Å². The van der Waals surface area contributed by atoms with Gasteiger partial charge in [-0.25, -0.2) is 0 Å². The van der Waals surface area contributed by atoms with Crippen molar-refractivity contribution in [3.63, 3.8) is 0 Å². The van der Waals surface area contributed by atoms with Crippen LogP contribution in [0.2, 0.25) is 0 Å². The maximum absolute atomic E-state index is 2.51. The van der Waals surface area contributed by atoms with Crippen LogP contribution in [0.4, 0.5) is 5.69 Å². The lowest BCUT2D eigenvalue weighted by molar-refractivity contribution is 0.953. The number of aromatic nitrogens is 1. The van der Waals surface area contributed by atoms with E-state index in [0.29, 0.717) is 0 Å². The largest absolute Gasteiger partial charge is 0.364 e. The van der Waals surface area contributed by atoms with Crippen LogP contribution >= 0.6 is 0 Å². The monoisotopic (exact) mass is 914 g/mol. The number of fused-ring (bicyclic) bond motifs is 8. The van der Waals surface area contributed by atoms with Gasteiger partial charge in [-0.3, -0.25) is 0 Å². The number of hydrogen-bond donors (Lipinski definition) is 0. The number of allylic oxidation sites excluding steroid dienone is 7. The summed E-state index contributed by atoms with van der Waals surface area (Å²) in [4.78, 5) is 2.51. The van der Waals surface area contributed by atoms with E-state index in [1.165, 1.54) is 111 Å². The first-order chi connectivity index (χ1) is 35.2. The SMILES string of the molecule is C/C=C(\C/C=C\CN(C/C=C(\C=C/CC)c1cccc2c1c1c(n2-c2ccccc2)-c2ccccc2C=CC1)c1ccc(-c2cc3ccccc3c3ccccc23)cc1)c1ccccc1-c1ccccc1. The van der Waals surface area contributed by atoms with Crippen molar-refractivity contribution in [3.05, 3.63) is 271 Å². The second-order valence-corrected chi connectivity index (χ2v) is 18.4. The summed E-state index contributed by atoms with van der Waals surface area (Å²) in [5, 5.41) is 6.42. The number of rotatable bonds is 14. The van der Waals surface area contributed by atoms with Crippen molar-refractivity contribution >= 4 is 55.4 Å². The van der Waals surface area contributed by atoms with Gasteiger partial charge in [0, 0.05) is 35.4 Å². The summed E-state index contributed by atoms with van der Waals surface area (Å²) in [6.45, 7) is 5.86. The molecule has 2 nitrogen and oxygen atoms in total. The van der Waals surface area contributed by atoms with Crippen molar-refractivity contribution in [2.45, 2.75) is 33.1 Å². The van der Waals surface area contributed by atoms with E-state index < -0.39 is 0 Å². The maximum atomic E-state index is 2.51. The molecule has 0 spiro atoms. The molecule has 0 radical (unpaired) electrons. The molecule has 1 aromatic heterocycles. The highest BCUT2D eigenvalue weighted by Gasteiger charge is 2.25. The maximum Gasteiger partial charge on any atom is 0.0582 e. The molecule has 0 amide bonds. The molecule has 0 unspecified atom stereocenters. The first-order valence-corrected chi connectivity index (χ1v) is 25.2. The van der Waals surface area contributed by atoms with Gasteiger partial charge < -0.3 is 9.47 Å². The van der Waals surface area contributed by atoms with Gasteiger partial charge in [0.05, 0.1) is 11.2 Å². The lowest BCUT2D eigenvalue weighted by Gasteiger charge is -2.23. The van der Waals surface area contributed by atoms with Gasteiger partial charge in [-0.1, -0.05) is 225 Å². The van der Waals surface area contributed by atoms with Crippen LogP contribution in [0.5, 0.6) is 0 Å². The normalized spacial score (nSPS) is 12.8. The Balaban J connectivity index is 0.991. The zero-order valence-electron chi connectivity index (χ0n) is 40.7. The molecule has 344 valence electrons. The molecule has 2 heteroatoms. The van der Waals surface area contributed by atoms with E-state index >= 15 is 0 Å². The van der Waals surface area contributed by atoms with Gasteiger partial charge in [0.15, 0.2) is 0 Å². The summed E-state index contributed by atoms with van der Waals surface area (Å²) in [5.41, 5.74) is 18.8. The minimum atomic E-state index is 0.722. The third kappa shape index (κ3) is 9.02. The fourth-order valence-corrected chi connectivity index (χ4v) is 10.7. The zero-order valence-corrected chi connectivity index (χ0v) is 40.7. The third-order valence-corrected chi connectivity index (χ3v) is 14.2. The van der Waals surface area contributed by atoms with Gasteiger partial charge in [0.25, 0.3) is 0 Å². The van der Waals surface area contributed by atoms with Crippen molar-refractivity contribution in [3.8, 4) is 39.2 Å². The van der Waals surface area contributed by atoms with Crippen LogP contribution < -0.4 is 4.90 Å². The lowest BCUT2D eigenvalue weighted by atomic mass is 9.92. The van der Waals surface area contributed by atoms with Crippen LogP contribution in [0.1, 0.15) is 48.9 Å². The highest BCUT2D eigenvalue weighted by Crippen LogP contribution is 2.44. The van der Waals surface area contributed by atoms with Crippen LogP contribution in [0.3, 0.4) is 0 Å². The molecule has 10 aromatic rings. The molecule has 0 fully saturated rings. The van der Waals surface area contributed by atoms with Crippen molar-refractivity contribution < 1.29 is 0 Å². The molecule has 0 bridgehead atoms. The van der Waals surface area contributed by atoms with E-state index in [1.807, 2.05) is 0 Å². The predicted octanol–water partition coefficient (Wildman–Crippen LogP) is 18.4. The molecule has 0 N–H and O–H groups in total. The average molecular weight is 915 g/mol. The molecular formula is C69H58N2. The molecule has 0 aliphatic heterocycles. The fraction of sp³-hybridized carbons (Fsp3) is 0.101. The standard InChI is InChI=1S/C69H58N2/c1-3-5-24-53(61-39-23-41-67-68(61)65-40-22-30-52-28-12-15-36-62(52)69(65)71(67)57-31-10-7-11-32-57)46-48-70(47-21-20-25-50(4-2)58-33-16-17-34-59(58)51-26-8-6-9-27-51)56-44-42-54(43-45-56)66-49-55-29-13-14-35-60(55)63-37-18-19-38-64(63)66/h4-24,26-39,41-46,49H,3,25,40,47-48H2,1-2H3/b21-20-,24-5-,50-4+,53-46+. The Morgan fingerprint density at radius 2 is 1.24 bits per heavy atom. The Bertz CT molecular complexity index is 3670. The highest BCUT2D eigenvalue weighted by molar-refractivity contribution is 6.14. The Morgan fingerprint density at radius 3 is 2.04 bits per heavy atom. The molecule has 9 aromatic carbocycles. The van der Waals surface area contributed by atoms with Gasteiger partial charge in [-0.05, 0) is 140 Å². The highest BCUT2D eigenvalue weighted by atomic mass is 15.1. The first-order valence-electron chi connectivity index (χ1n) is 25.2. The Morgan fingerprint density at radius 1 is 0.563 bits per heavy atom. The van der Waals surface area contributed by atoms with Crippen molar-refractivity contribution in [1.29, 1.82) is 0 Å². The topological polar surface area (TPSA) is 8.17 Å². The molecule has 0 saturated carbocycles. The van der Waals surface area contributed by atoms with Crippen molar-refractivity contribution in [2.24, 2.45) is 0 Å². The van der Waals surface area contributed by atoms with Crippen LogP contribution in [0.25, 0.3) is 88.9 Å². The number of anilines is 1. The van der Waals surface area contributed by atoms with E-state index in [-0.39, 0.29) is 0 Å². The summed E-state index contributed by atoms with van der Waals surface area (Å²) >= 11 is 0. The smallest absolute Gasteiger partial charge is 0.0582 e. The average Bonchev–Trinajstić information content (AvgIpc) is 3.65. The van der Waals surface area contributed by atoms with Crippen LogP contribution in [0, 0.1) is 0 Å². The zero-order chi connectivity index (χ0) is 47.9. The van der Waals surface area contributed by atoms with E-state index in [9.17, 15) is 0 Å². The summed E-state index contributed by atoms with van der Waals surface area (Å²) in [6, 6.07) is 75.4. The first kappa shape index (κ1) is 45.0. The minimum Gasteiger partial charge on any atom is -0.364 e. The Hall–Kier alpha value is -8.46. The third-order valence-electron chi connectivity index (χ3n) is 14.2. The second kappa shape index (κ2) is 20.6. The number of para-hydroxylation sites is 1. The minimum absolute atomic E-state index is 0.722. The molecule has 1 heterocycles. The van der Waals surface area contributed by atoms with E-state index in [2.05, 4.69) is 278 Å². The molecule has 0 atom stereocenters. The Labute approximate surface area is 419 Å². The van der Waals surface area contributed by atoms with Crippen LogP contribution in [0.15, 0.2) is 249 Å². The predicted molar refractivity (Wildman–Crippen MR) is 307 cm³/mol. The van der Waals surface area contributed by atoms with Crippen LogP contribution in [-0.2, 0) is 6.42 Å². The van der Waals surface area contributed by atoms with Gasteiger partial charge in [0.1, 0.15) is 0 Å². The summed E-state index contributed by atoms with van der Waals surface area (Å²) in [6.07, 6.45) is 21.4. The van der Waals surface area contributed by atoms with E-state index in [0.717, 1.165) is 32.4 Å². The molecule has 1 aliphatic carbocycles. The van der Waals surface area contributed by atoms with Gasteiger partial charge in [0.2, 0.25) is 0 Å². The van der Waals surface area contributed by atoms with Gasteiger partial charge in [-0.2, -0.15) is 0 Å². The second-order valence-electron chi connectivity index (χ2n) is 18.4. The van der Waals surface area contributed by atoms with E-state index in [1.54, 1.807) is 0 Å². The molecule has 11 rings (SSSR count). The van der Waals surface area contributed by atoms with Crippen LogP contribution in [-0.4, -0.2) is 17.7 Å². The van der Waals surface area contributed by atoms with E-state index in [4.69, 9.17) is 0 Å². The fourth-order valence-electron chi connectivity index (χ4n) is 10.7. The van der Waals surface area contributed by atoms with Crippen molar-refractivity contribution in [2.75, 3.05) is 18.0 Å². The summed E-state index contributed by atoms with van der Waals surface area (Å²) in [7, 11) is 0. The van der Waals surface area contributed by atoms with Crippen molar-refractivity contribution in [1.82, 2.24) is 4.57 Å². The number of nitrogens with zero attached hydrogens (tertiary/aromatic N) is 2. The molecule has 71 heavy (non-hydrogen) atoms. The summed E-state index contributed by atoms with van der Waals surface area (Å²) < 4.78 is 2.50. The quantitative estimate of drug-likeness (QED) is 0.0599. The number of benzene rings is 9. The molecule has 0 saturated heterocycles. The number of hydrogen-bond acceptors (Lipinski definition) is 1. The molecule has 1 aliphatic rings. The Kier molecular flexibility index (Phi) is 13.1. The lowest BCUT2D eigenvalue weighted by Crippen LogP contribution is -2.23.